The minimum atomic E-state index is -4.44. The molecule has 0 amide bonds. The molecule has 4 rings (SSSR count). The van der Waals surface area contributed by atoms with E-state index in [1.165, 1.54) is 12.1 Å². The van der Waals surface area contributed by atoms with Gasteiger partial charge in [-0.1, -0.05) is 88.4 Å². The lowest BCUT2D eigenvalue weighted by Crippen LogP contribution is -2.07. The fourth-order valence-corrected chi connectivity index (χ4v) is 3.90. The monoisotopic (exact) mass is 450 g/mol. The van der Waals surface area contributed by atoms with Crippen molar-refractivity contribution in [3.05, 3.63) is 106 Å². The molecule has 0 aliphatic rings. The van der Waals surface area contributed by atoms with Crippen LogP contribution in [-0.4, -0.2) is 0 Å². The van der Waals surface area contributed by atoms with E-state index < -0.39 is 11.7 Å². The van der Waals surface area contributed by atoms with Crippen LogP contribution in [0.1, 0.15) is 16.7 Å². The first-order valence-corrected chi connectivity index (χ1v) is 9.69. The third-order valence-corrected chi connectivity index (χ3v) is 5.30. The quantitative estimate of drug-likeness (QED) is 0.260. The van der Waals surface area contributed by atoms with Crippen molar-refractivity contribution in [2.24, 2.45) is 0 Å². The van der Waals surface area contributed by atoms with E-state index in [1.54, 1.807) is 6.07 Å². The van der Waals surface area contributed by atoms with Crippen molar-refractivity contribution in [1.82, 2.24) is 0 Å². The maximum Gasteiger partial charge on any atom is 0.417 e. The summed E-state index contributed by atoms with van der Waals surface area (Å²) in [5.41, 5.74) is 1.73. The van der Waals surface area contributed by atoms with E-state index >= 15 is 0 Å². The van der Waals surface area contributed by atoms with Crippen LogP contribution in [-0.2, 0) is 6.18 Å². The zero-order valence-corrected chi connectivity index (χ0v) is 16.7. The lowest BCUT2D eigenvalue weighted by Gasteiger charge is -2.11. The molecule has 0 aliphatic heterocycles. The van der Waals surface area contributed by atoms with Crippen LogP contribution in [0.5, 0.6) is 0 Å². The average Bonchev–Trinajstić information content (AvgIpc) is 2.71. The van der Waals surface area contributed by atoms with Crippen molar-refractivity contribution in [1.29, 1.82) is 0 Å². The highest BCUT2D eigenvalue weighted by molar-refractivity contribution is 9.10. The van der Waals surface area contributed by atoms with Crippen LogP contribution >= 0.6 is 15.9 Å². The predicted molar refractivity (Wildman–Crippen MR) is 115 cm³/mol. The molecule has 0 aliphatic carbocycles. The predicted octanol–water partition coefficient (Wildman–Crippen LogP) is 7.69. The lowest BCUT2D eigenvalue weighted by atomic mass is 9.94. The Bertz CT molecular complexity index is 1260. The fourth-order valence-electron chi connectivity index (χ4n) is 3.32. The standard InChI is InChI=1S/C25H14BrF3/c26-23-14-6-10-19(16-15-18-8-2-4-13-22(18)25(27,28)29)24(23)21-12-5-9-17-7-1-3-11-20(17)21/h1-14H. The first kappa shape index (κ1) is 19.3. The van der Waals surface area contributed by atoms with Gasteiger partial charge in [-0.3, -0.25) is 0 Å². The second kappa shape index (κ2) is 7.77. The Labute approximate surface area is 175 Å². The lowest BCUT2D eigenvalue weighted by molar-refractivity contribution is -0.137. The summed E-state index contributed by atoms with van der Waals surface area (Å²) in [4.78, 5) is 0. The normalized spacial score (nSPS) is 11.2. The Balaban J connectivity index is 1.90. The van der Waals surface area contributed by atoms with E-state index in [2.05, 4.69) is 27.8 Å². The van der Waals surface area contributed by atoms with Crippen molar-refractivity contribution in [2.75, 3.05) is 0 Å². The Kier molecular flexibility index (Phi) is 5.17. The smallest absolute Gasteiger partial charge is 0.166 e. The van der Waals surface area contributed by atoms with Gasteiger partial charge < -0.3 is 0 Å². The molecule has 4 heteroatoms. The van der Waals surface area contributed by atoms with Gasteiger partial charge in [0.25, 0.3) is 0 Å². The maximum atomic E-state index is 13.3. The van der Waals surface area contributed by atoms with Crippen molar-refractivity contribution in [3.8, 4) is 23.0 Å². The van der Waals surface area contributed by atoms with Crippen LogP contribution in [0.15, 0.2) is 89.4 Å². The largest absolute Gasteiger partial charge is 0.417 e. The van der Waals surface area contributed by atoms with Crippen LogP contribution in [0.4, 0.5) is 13.2 Å². The van der Waals surface area contributed by atoms with Gasteiger partial charge in [-0.25, -0.2) is 0 Å². The van der Waals surface area contributed by atoms with Crippen molar-refractivity contribution < 1.29 is 13.2 Å². The SMILES string of the molecule is FC(F)(F)c1ccccc1C#Cc1cccc(Br)c1-c1cccc2ccccc12. The molecular weight excluding hydrogens is 437 g/mol. The topological polar surface area (TPSA) is 0 Å². The molecule has 4 aromatic carbocycles. The molecule has 0 radical (unpaired) electrons. The number of rotatable bonds is 1. The van der Waals surface area contributed by atoms with E-state index in [-0.39, 0.29) is 5.56 Å². The molecular formula is C25H14BrF3. The van der Waals surface area contributed by atoms with E-state index in [0.717, 1.165) is 32.4 Å². The van der Waals surface area contributed by atoms with Gasteiger partial charge in [0.2, 0.25) is 0 Å². The first-order valence-electron chi connectivity index (χ1n) is 8.90. The molecule has 29 heavy (non-hydrogen) atoms. The maximum absolute atomic E-state index is 13.3. The summed E-state index contributed by atoms with van der Waals surface area (Å²) >= 11 is 3.59. The van der Waals surface area contributed by atoms with Crippen LogP contribution in [0.2, 0.25) is 0 Å². The minimum absolute atomic E-state index is 0.0381. The van der Waals surface area contributed by atoms with Gasteiger partial charge in [0, 0.05) is 21.2 Å². The number of halogens is 4. The van der Waals surface area contributed by atoms with Crippen LogP contribution in [0.25, 0.3) is 21.9 Å². The third-order valence-electron chi connectivity index (χ3n) is 4.64. The molecule has 0 atom stereocenters. The van der Waals surface area contributed by atoms with Crippen LogP contribution in [0.3, 0.4) is 0 Å². The van der Waals surface area contributed by atoms with E-state index in [0.29, 0.717) is 5.56 Å². The summed E-state index contributed by atoms with van der Waals surface area (Å²) < 4.78 is 40.7. The molecule has 0 bridgehead atoms. The summed E-state index contributed by atoms with van der Waals surface area (Å²) in [6.45, 7) is 0. The van der Waals surface area contributed by atoms with Crippen molar-refractivity contribution in [3.63, 3.8) is 0 Å². The summed E-state index contributed by atoms with van der Waals surface area (Å²) in [5, 5.41) is 2.14. The van der Waals surface area contributed by atoms with Gasteiger partial charge in [-0.15, -0.1) is 0 Å². The van der Waals surface area contributed by atoms with Gasteiger partial charge in [-0.05, 0) is 40.6 Å². The van der Waals surface area contributed by atoms with E-state index in [4.69, 9.17) is 0 Å². The molecule has 0 N–H and O–H groups in total. The molecule has 0 heterocycles. The highest BCUT2D eigenvalue weighted by Crippen LogP contribution is 2.36. The number of hydrogen-bond acceptors (Lipinski definition) is 0. The Hall–Kier alpha value is -3.03. The van der Waals surface area contributed by atoms with E-state index in [9.17, 15) is 13.2 Å². The van der Waals surface area contributed by atoms with Gasteiger partial charge in [0.1, 0.15) is 0 Å². The highest BCUT2D eigenvalue weighted by Gasteiger charge is 2.32. The number of alkyl halides is 3. The molecule has 0 unspecified atom stereocenters. The summed E-state index contributed by atoms with van der Waals surface area (Å²) in [5.74, 6) is 5.70. The fraction of sp³-hybridized carbons (Fsp3) is 0.0400. The zero-order valence-electron chi connectivity index (χ0n) is 15.1. The molecule has 142 valence electrons. The molecule has 0 fully saturated rings. The molecule has 0 spiro atoms. The Morgan fingerprint density at radius 2 is 1.28 bits per heavy atom. The minimum Gasteiger partial charge on any atom is -0.166 e. The zero-order chi connectivity index (χ0) is 20.4. The third kappa shape index (κ3) is 3.92. The van der Waals surface area contributed by atoms with Gasteiger partial charge in [0.05, 0.1) is 5.56 Å². The van der Waals surface area contributed by atoms with Crippen molar-refractivity contribution >= 4 is 26.7 Å². The van der Waals surface area contributed by atoms with Crippen molar-refractivity contribution in [2.45, 2.75) is 6.18 Å². The van der Waals surface area contributed by atoms with Gasteiger partial charge in [-0.2, -0.15) is 13.2 Å². The second-order valence-electron chi connectivity index (χ2n) is 6.48. The number of fused-ring (bicyclic) bond motifs is 1. The summed E-state index contributed by atoms with van der Waals surface area (Å²) in [7, 11) is 0. The average molecular weight is 451 g/mol. The first-order chi connectivity index (χ1) is 13.9. The van der Waals surface area contributed by atoms with E-state index in [1.807, 2.05) is 60.7 Å². The second-order valence-corrected chi connectivity index (χ2v) is 7.34. The Morgan fingerprint density at radius 1 is 0.655 bits per heavy atom. The van der Waals surface area contributed by atoms with Gasteiger partial charge in [0.15, 0.2) is 0 Å². The highest BCUT2D eigenvalue weighted by atomic mass is 79.9. The number of hydrogen-bond donors (Lipinski definition) is 0. The molecule has 0 saturated carbocycles. The summed E-state index contributed by atoms with van der Waals surface area (Å²) in [6, 6.07) is 24.9. The number of benzene rings is 4. The van der Waals surface area contributed by atoms with Gasteiger partial charge >= 0.3 is 6.18 Å². The molecule has 4 aromatic rings. The molecule has 0 saturated heterocycles. The molecule has 0 aromatic heterocycles. The van der Waals surface area contributed by atoms with Crippen LogP contribution < -0.4 is 0 Å². The Morgan fingerprint density at radius 3 is 2.10 bits per heavy atom. The summed E-state index contributed by atoms with van der Waals surface area (Å²) in [6.07, 6.45) is -4.44. The molecule has 0 nitrogen and oxygen atoms in total. The van der Waals surface area contributed by atoms with Crippen LogP contribution in [0, 0.1) is 11.8 Å².